The highest BCUT2D eigenvalue weighted by Gasteiger charge is 2.22. The minimum absolute atomic E-state index is 0.0614. The number of esters is 2. The largest absolute Gasteiger partial charge is 0.462 e. The lowest BCUT2D eigenvalue weighted by atomic mass is 9.97. The van der Waals surface area contributed by atoms with Gasteiger partial charge in [-0.05, 0) is 49.2 Å². The van der Waals surface area contributed by atoms with Crippen LogP contribution >= 0.6 is 0 Å². The number of hydrogen-bond donors (Lipinski definition) is 0. The Morgan fingerprint density at radius 2 is 1.15 bits per heavy atom. The molecule has 0 amide bonds. The van der Waals surface area contributed by atoms with Gasteiger partial charge in [-0.1, -0.05) is 30.0 Å². The first-order valence-corrected chi connectivity index (χ1v) is 8.33. The van der Waals surface area contributed by atoms with Gasteiger partial charge in [-0.15, -0.1) is 0 Å². The lowest BCUT2D eigenvalue weighted by Crippen LogP contribution is -2.18. The molecule has 0 saturated carbocycles. The van der Waals surface area contributed by atoms with Crippen LogP contribution in [-0.4, -0.2) is 25.2 Å². The zero-order valence-corrected chi connectivity index (χ0v) is 14.9. The fourth-order valence-electron chi connectivity index (χ4n) is 2.26. The van der Waals surface area contributed by atoms with Crippen LogP contribution in [0.4, 0.5) is 8.78 Å². The summed E-state index contributed by atoms with van der Waals surface area (Å²) in [6.45, 7) is 3.33. The van der Waals surface area contributed by atoms with Crippen LogP contribution in [0.25, 0.3) is 5.57 Å². The van der Waals surface area contributed by atoms with Crippen molar-refractivity contribution in [1.82, 2.24) is 0 Å². The zero-order valence-electron chi connectivity index (χ0n) is 14.9. The average molecular weight is 372 g/mol. The van der Waals surface area contributed by atoms with Gasteiger partial charge in [-0.2, -0.15) is 0 Å². The van der Waals surface area contributed by atoms with Gasteiger partial charge in [0.1, 0.15) is 11.6 Å². The third-order valence-electron chi connectivity index (χ3n) is 3.47. The van der Waals surface area contributed by atoms with Crippen LogP contribution in [-0.2, 0) is 19.1 Å². The summed E-state index contributed by atoms with van der Waals surface area (Å²) in [6, 6.07) is 10.8. The topological polar surface area (TPSA) is 52.6 Å². The number of ether oxygens (including phenoxy) is 2. The Morgan fingerprint density at radius 3 is 1.48 bits per heavy atom. The second kappa shape index (κ2) is 9.46. The summed E-state index contributed by atoms with van der Waals surface area (Å²) >= 11 is 0. The van der Waals surface area contributed by atoms with Crippen molar-refractivity contribution in [1.29, 1.82) is 0 Å². The van der Waals surface area contributed by atoms with Crippen LogP contribution in [0.1, 0.15) is 25.0 Å². The van der Waals surface area contributed by atoms with E-state index in [1.54, 1.807) is 13.8 Å². The maximum Gasteiger partial charge on any atom is 0.353 e. The number of halogens is 2. The Kier molecular flexibility index (Phi) is 7.03. The molecule has 0 aliphatic heterocycles. The Labute approximate surface area is 155 Å². The third-order valence-corrected chi connectivity index (χ3v) is 3.47. The van der Waals surface area contributed by atoms with Crippen LogP contribution in [0.5, 0.6) is 0 Å². The van der Waals surface area contributed by atoms with Crippen molar-refractivity contribution in [3.8, 4) is 0 Å². The average Bonchev–Trinajstić information content (AvgIpc) is 2.65. The van der Waals surface area contributed by atoms with Crippen LogP contribution in [0.3, 0.4) is 0 Å². The summed E-state index contributed by atoms with van der Waals surface area (Å²) in [4.78, 5) is 24.4. The van der Waals surface area contributed by atoms with Crippen molar-refractivity contribution >= 4 is 17.5 Å². The lowest BCUT2D eigenvalue weighted by Gasteiger charge is -2.08. The molecule has 0 bridgehead atoms. The van der Waals surface area contributed by atoms with Gasteiger partial charge in [0.2, 0.25) is 0 Å². The molecule has 0 fully saturated rings. The maximum absolute atomic E-state index is 13.3. The molecule has 4 nitrogen and oxygen atoms in total. The Morgan fingerprint density at radius 1 is 0.778 bits per heavy atom. The molecule has 2 aromatic carbocycles. The molecule has 2 rings (SSSR count). The van der Waals surface area contributed by atoms with Gasteiger partial charge in [-0.25, -0.2) is 18.4 Å². The molecule has 27 heavy (non-hydrogen) atoms. The van der Waals surface area contributed by atoms with Gasteiger partial charge in [0.25, 0.3) is 0 Å². The first-order chi connectivity index (χ1) is 13.0. The third kappa shape index (κ3) is 5.36. The molecule has 0 saturated heterocycles. The summed E-state index contributed by atoms with van der Waals surface area (Å²) in [6.07, 6.45) is 0. The lowest BCUT2D eigenvalue weighted by molar-refractivity contribution is -0.146. The Hall–Kier alpha value is -3.24. The van der Waals surface area contributed by atoms with Gasteiger partial charge in [-0.3, -0.25) is 0 Å². The molecule has 0 unspecified atom stereocenters. The summed E-state index contributed by atoms with van der Waals surface area (Å²) in [5.74, 6) is -2.68. The number of hydrogen-bond acceptors (Lipinski definition) is 4. The summed E-state index contributed by atoms with van der Waals surface area (Å²) in [5, 5.41) is 0. The molecule has 0 atom stereocenters. The molecule has 0 aromatic heterocycles. The Bertz CT molecular complexity index is 810. The summed E-state index contributed by atoms with van der Waals surface area (Å²) in [5.41, 5.74) is 3.56. The molecule has 6 heteroatoms. The van der Waals surface area contributed by atoms with E-state index < -0.39 is 29.1 Å². The van der Waals surface area contributed by atoms with Gasteiger partial charge in [0.15, 0.2) is 5.57 Å². The van der Waals surface area contributed by atoms with Crippen LogP contribution < -0.4 is 0 Å². The SMILES string of the molecule is CCOC(=O)C(=C=C(c1ccc(F)cc1)c1ccc(F)cc1)C(=O)OCC. The van der Waals surface area contributed by atoms with E-state index in [1.165, 1.54) is 48.5 Å². The molecule has 0 aliphatic carbocycles. The predicted octanol–water partition coefficient (Wildman–Crippen LogP) is 4.05. The normalized spacial score (nSPS) is 9.93. The van der Waals surface area contributed by atoms with Crippen molar-refractivity contribution in [3.05, 3.63) is 82.6 Å². The second-order valence-electron chi connectivity index (χ2n) is 5.33. The molecule has 0 spiro atoms. The Balaban J connectivity index is 2.74. The first-order valence-electron chi connectivity index (χ1n) is 8.33. The molecule has 0 radical (unpaired) electrons. The van der Waals surface area contributed by atoms with E-state index in [9.17, 15) is 18.4 Å². The molecule has 140 valence electrons. The van der Waals surface area contributed by atoms with E-state index in [2.05, 4.69) is 5.73 Å². The quantitative estimate of drug-likeness (QED) is 0.252. The van der Waals surface area contributed by atoms with E-state index in [0.717, 1.165) is 0 Å². The highest BCUT2D eigenvalue weighted by Crippen LogP contribution is 2.24. The summed E-state index contributed by atoms with van der Waals surface area (Å²) < 4.78 is 36.4. The summed E-state index contributed by atoms with van der Waals surface area (Å²) in [7, 11) is 0. The van der Waals surface area contributed by atoms with Crippen molar-refractivity contribution in [2.45, 2.75) is 13.8 Å². The molecular weight excluding hydrogens is 354 g/mol. The standard InChI is InChI=1S/C21H18F2O4/c1-3-26-20(24)19(21(25)27-4-2)13-18(14-5-9-16(22)10-6-14)15-7-11-17(23)12-8-15/h5-12H,3-4H2,1-2H3. The minimum Gasteiger partial charge on any atom is -0.462 e. The maximum atomic E-state index is 13.3. The second-order valence-corrected chi connectivity index (χ2v) is 5.33. The number of rotatable bonds is 6. The highest BCUT2D eigenvalue weighted by atomic mass is 19.1. The van der Waals surface area contributed by atoms with Crippen molar-refractivity contribution in [3.63, 3.8) is 0 Å². The van der Waals surface area contributed by atoms with E-state index in [1.807, 2.05) is 0 Å². The fourth-order valence-corrected chi connectivity index (χ4v) is 2.26. The number of benzene rings is 2. The van der Waals surface area contributed by atoms with E-state index in [0.29, 0.717) is 16.7 Å². The van der Waals surface area contributed by atoms with E-state index >= 15 is 0 Å². The highest BCUT2D eigenvalue weighted by molar-refractivity contribution is 6.14. The van der Waals surface area contributed by atoms with E-state index in [4.69, 9.17) is 9.47 Å². The van der Waals surface area contributed by atoms with Crippen LogP contribution in [0.15, 0.2) is 59.8 Å². The molecule has 0 N–H and O–H groups in total. The number of carbonyl (C=O) groups excluding carboxylic acids is 2. The molecule has 0 aliphatic rings. The smallest absolute Gasteiger partial charge is 0.353 e. The van der Waals surface area contributed by atoms with Crippen LogP contribution in [0, 0.1) is 11.6 Å². The van der Waals surface area contributed by atoms with Gasteiger partial charge in [0.05, 0.1) is 13.2 Å². The number of carbonyl (C=O) groups is 2. The van der Waals surface area contributed by atoms with Crippen molar-refractivity contribution in [2.75, 3.05) is 13.2 Å². The molecule has 0 heterocycles. The van der Waals surface area contributed by atoms with E-state index in [-0.39, 0.29) is 13.2 Å². The predicted molar refractivity (Wildman–Crippen MR) is 95.6 cm³/mol. The monoisotopic (exact) mass is 372 g/mol. The first kappa shape index (κ1) is 20.1. The zero-order chi connectivity index (χ0) is 19.8. The molecular formula is C21H18F2O4. The minimum atomic E-state index is -0.891. The van der Waals surface area contributed by atoms with Gasteiger partial charge in [0, 0.05) is 5.57 Å². The fraction of sp³-hybridized carbons (Fsp3) is 0.190. The van der Waals surface area contributed by atoms with Crippen molar-refractivity contribution < 1.29 is 27.8 Å². The van der Waals surface area contributed by atoms with Crippen molar-refractivity contribution in [2.24, 2.45) is 0 Å². The molecule has 2 aromatic rings. The van der Waals surface area contributed by atoms with Gasteiger partial charge < -0.3 is 9.47 Å². The van der Waals surface area contributed by atoms with Gasteiger partial charge >= 0.3 is 11.9 Å². The van der Waals surface area contributed by atoms with Crippen LogP contribution in [0.2, 0.25) is 0 Å².